The highest BCUT2D eigenvalue weighted by Gasteiger charge is 2.51. The highest BCUT2D eigenvalue weighted by molar-refractivity contribution is 7.84. The van der Waals surface area contributed by atoms with Gasteiger partial charge in [0, 0.05) is 11.8 Å². The van der Waals surface area contributed by atoms with Crippen LogP contribution in [0.5, 0.6) is 5.75 Å². The predicted octanol–water partition coefficient (Wildman–Crippen LogP) is 2.23. The molecule has 4 rings (SSSR count). The molecule has 3 N–H and O–H groups in total. The molecule has 1 aromatic carbocycles. The zero-order chi connectivity index (χ0) is 29.7. The molecule has 2 aromatic heterocycles. The van der Waals surface area contributed by atoms with Gasteiger partial charge < -0.3 is 15.3 Å². The summed E-state index contributed by atoms with van der Waals surface area (Å²) in [5.74, 6) is -1.74. The van der Waals surface area contributed by atoms with Crippen molar-refractivity contribution in [3.63, 3.8) is 0 Å². The van der Waals surface area contributed by atoms with Gasteiger partial charge >= 0.3 is 10.3 Å². The Bertz CT molecular complexity index is 1530. The maximum absolute atomic E-state index is 13.0. The van der Waals surface area contributed by atoms with Crippen LogP contribution in [0.1, 0.15) is 38.8 Å². The van der Waals surface area contributed by atoms with Gasteiger partial charge in [-0.25, -0.2) is 9.29 Å². The minimum Gasteiger partial charge on any atom is -0.490 e. The quantitative estimate of drug-likeness (QED) is 0.0698. The minimum atomic E-state index is -4.69. The van der Waals surface area contributed by atoms with Crippen molar-refractivity contribution in [2.24, 2.45) is 18.1 Å². The smallest absolute Gasteiger partial charge is 0.362 e. The normalized spacial score (nSPS) is 17.4. The van der Waals surface area contributed by atoms with E-state index in [1.807, 2.05) is 31.3 Å². The van der Waals surface area contributed by atoms with E-state index in [-0.39, 0.29) is 36.2 Å². The van der Waals surface area contributed by atoms with Crippen molar-refractivity contribution in [2.45, 2.75) is 45.7 Å². The van der Waals surface area contributed by atoms with Crippen molar-refractivity contribution in [3.05, 3.63) is 47.7 Å². The zero-order valence-corrected chi connectivity index (χ0v) is 24.6. The summed E-state index contributed by atoms with van der Waals surface area (Å²) in [6.07, 6.45) is 6.11. The van der Waals surface area contributed by atoms with E-state index >= 15 is 0 Å². The van der Waals surface area contributed by atoms with Crippen molar-refractivity contribution in [1.82, 2.24) is 14.0 Å². The SMILES string of the molecule is CCCCn1cc(-c2ccc(OCCO/N=C(\C(=O)C[C@@H]3C(=O)N(S(=O)(=O)O)[C@@H]3C)c3csc(N)n3)cc2)c[n+]1C. The summed E-state index contributed by atoms with van der Waals surface area (Å²) < 4.78 is 42.2. The Balaban J connectivity index is 1.33. The third-order valence-corrected chi connectivity index (χ3v) is 8.40. The summed E-state index contributed by atoms with van der Waals surface area (Å²) in [7, 11) is -2.67. The first-order chi connectivity index (χ1) is 19.5. The second kappa shape index (κ2) is 12.8. The first-order valence-corrected chi connectivity index (χ1v) is 15.3. The number of amides is 1. The number of rotatable bonds is 14. The number of hydrogen-bond acceptors (Lipinski definition) is 10. The number of Topliss-reactive ketones (excluding diaryl/α,β-unsaturated/α-hetero) is 1. The van der Waals surface area contributed by atoms with Crippen LogP contribution in [0.4, 0.5) is 5.13 Å². The van der Waals surface area contributed by atoms with Crippen LogP contribution in [0.3, 0.4) is 0 Å². The molecule has 1 fully saturated rings. The fourth-order valence-electron chi connectivity index (χ4n) is 4.47. The molecule has 1 saturated heterocycles. The number of unbranched alkanes of at least 4 members (excludes halogenated alkanes) is 1. The summed E-state index contributed by atoms with van der Waals surface area (Å²) in [4.78, 5) is 34.6. The summed E-state index contributed by atoms with van der Waals surface area (Å²) in [6.45, 7) is 4.72. The van der Waals surface area contributed by atoms with Crippen molar-refractivity contribution in [2.75, 3.05) is 18.9 Å². The number of carbonyl (C=O) groups excluding carboxylic acids is 2. The second-order valence-electron chi connectivity index (χ2n) is 9.61. The van der Waals surface area contributed by atoms with Gasteiger partial charge in [0.2, 0.25) is 12.1 Å². The predicted molar refractivity (Wildman–Crippen MR) is 151 cm³/mol. The van der Waals surface area contributed by atoms with Crippen LogP contribution >= 0.6 is 11.3 Å². The number of oxime groups is 1. The molecule has 220 valence electrons. The molecule has 0 bridgehead atoms. The third kappa shape index (κ3) is 7.10. The number of aromatic nitrogens is 3. The molecule has 13 nitrogen and oxygen atoms in total. The van der Waals surface area contributed by atoms with E-state index in [9.17, 15) is 22.6 Å². The number of ketones is 1. The van der Waals surface area contributed by atoms with E-state index in [1.54, 1.807) is 0 Å². The average Bonchev–Trinajstić information content (AvgIpc) is 3.52. The molecule has 15 heteroatoms. The molecule has 1 amide bonds. The largest absolute Gasteiger partial charge is 0.490 e. The number of hydrogen-bond donors (Lipinski definition) is 2. The maximum Gasteiger partial charge on any atom is 0.362 e. The second-order valence-corrected chi connectivity index (χ2v) is 11.8. The van der Waals surface area contributed by atoms with Gasteiger partial charge in [0.1, 0.15) is 18.1 Å². The third-order valence-electron chi connectivity index (χ3n) is 6.72. The van der Waals surface area contributed by atoms with Gasteiger partial charge in [0.25, 0.3) is 0 Å². The lowest BCUT2D eigenvalue weighted by molar-refractivity contribution is -0.753. The lowest BCUT2D eigenvalue weighted by Gasteiger charge is -2.41. The fourth-order valence-corrected chi connectivity index (χ4v) is 5.95. The number of aryl methyl sites for hydroxylation is 2. The van der Waals surface area contributed by atoms with E-state index in [1.165, 1.54) is 12.3 Å². The van der Waals surface area contributed by atoms with Gasteiger partial charge in [-0.3, -0.25) is 14.1 Å². The monoisotopic (exact) mass is 605 g/mol. The molecule has 0 spiro atoms. The number of β-lactam (4-membered cyclic amide) rings is 1. The minimum absolute atomic E-state index is 0.0174. The van der Waals surface area contributed by atoms with E-state index < -0.39 is 34.0 Å². The fraction of sp³-hybridized carbons (Fsp3) is 0.423. The Morgan fingerprint density at radius 3 is 2.59 bits per heavy atom. The number of carbonyl (C=O) groups is 2. The Morgan fingerprint density at radius 2 is 1.98 bits per heavy atom. The molecule has 3 aromatic rings. The topological polar surface area (TPSA) is 170 Å². The van der Waals surface area contributed by atoms with Gasteiger partial charge in [0.15, 0.2) is 30.3 Å². The molecule has 41 heavy (non-hydrogen) atoms. The van der Waals surface area contributed by atoms with Crippen LogP contribution in [-0.2, 0) is 38.3 Å². The van der Waals surface area contributed by atoms with Gasteiger partial charge in [-0.2, -0.15) is 13.1 Å². The first kappa shape index (κ1) is 30.1. The summed E-state index contributed by atoms with van der Waals surface area (Å²) in [6, 6.07) is 6.79. The number of ether oxygens (including phenoxy) is 1. The highest BCUT2D eigenvalue weighted by Crippen LogP contribution is 2.32. The van der Waals surface area contributed by atoms with Gasteiger partial charge in [0.05, 0.1) is 30.3 Å². The van der Waals surface area contributed by atoms with E-state index in [4.69, 9.17) is 15.3 Å². The number of nitrogen functional groups attached to an aromatic ring is 1. The average molecular weight is 606 g/mol. The molecule has 1 aliphatic rings. The Hall–Kier alpha value is -3.82. The number of anilines is 1. The van der Waals surface area contributed by atoms with E-state index in [0.717, 1.165) is 41.9 Å². The van der Waals surface area contributed by atoms with Crippen LogP contribution in [0.2, 0.25) is 0 Å². The van der Waals surface area contributed by atoms with Gasteiger partial charge in [-0.1, -0.05) is 30.6 Å². The molecular formula is C26H33N6O7S2+. The van der Waals surface area contributed by atoms with Crippen LogP contribution in [-0.4, -0.2) is 63.6 Å². The van der Waals surface area contributed by atoms with Crippen molar-refractivity contribution in [1.29, 1.82) is 0 Å². The molecule has 0 unspecified atom stereocenters. The zero-order valence-electron chi connectivity index (χ0n) is 23.0. The first-order valence-electron chi connectivity index (χ1n) is 13.0. The lowest BCUT2D eigenvalue weighted by Crippen LogP contribution is -2.62. The summed E-state index contributed by atoms with van der Waals surface area (Å²) in [5, 5.41) is 5.67. The maximum atomic E-state index is 13.0. The molecule has 1 aliphatic heterocycles. The van der Waals surface area contributed by atoms with Crippen LogP contribution in [0.15, 0.2) is 47.2 Å². The highest BCUT2D eigenvalue weighted by atomic mass is 32.2. The Labute approximate surface area is 242 Å². The van der Waals surface area contributed by atoms with Crippen LogP contribution in [0, 0.1) is 5.92 Å². The number of nitrogens with zero attached hydrogens (tertiary/aromatic N) is 5. The van der Waals surface area contributed by atoms with Crippen molar-refractivity contribution < 1.29 is 36.8 Å². The molecule has 0 aliphatic carbocycles. The van der Waals surface area contributed by atoms with Crippen LogP contribution in [0.25, 0.3) is 11.1 Å². The van der Waals surface area contributed by atoms with Crippen molar-refractivity contribution in [3.8, 4) is 16.9 Å². The van der Waals surface area contributed by atoms with E-state index in [0.29, 0.717) is 10.1 Å². The van der Waals surface area contributed by atoms with Gasteiger partial charge in [-0.15, -0.1) is 16.0 Å². The molecular weight excluding hydrogens is 572 g/mol. The van der Waals surface area contributed by atoms with Crippen LogP contribution < -0.4 is 15.2 Å². The van der Waals surface area contributed by atoms with E-state index in [2.05, 4.69) is 38.8 Å². The number of nitrogens with two attached hydrogens (primary N) is 1. The standard InChI is InChI=1S/C26H32N6O7S2/c1-4-5-10-31-15-19(14-30(31)3)18-6-8-20(9-7-18)38-11-12-39-29-24(22-16-40-26(27)28-22)23(33)13-21-17(2)32(25(21)34)41(35,36)37/h6-9,14-17,21H,4-5,10-13H2,1-3H3,(H2-,27,28,35,36,37)/p+1/b29-24-/t17-,21+/m1/s1. The lowest BCUT2D eigenvalue weighted by atomic mass is 9.86. The Morgan fingerprint density at radius 1 is 1.24 bits per heavy atom. The number of benzene rings is 1. The molecule has 2 atom stereocenters. The summed E-state index contributed by atoms with van der Waals surface area (Å²) >= 11 is 1.10. The Kier molecular flexibility index (Phi) is 9.40. The molecule has 3 heterocycles. The van der Waals surface area contributed by atoms with Crippen molar-refractivity contribution >= 4 is 44.2 Å². The summed E-state index contributed by atoms with van der Waals surface area (Å²) in [5.41, 5.74) is 7.91. The molecule has 0 radical (unpaired) electrons. The number of thiazole rings is 1. The molecule has 0 saturated carbocycles. The van der Waals surface area contributed by atoms with Gasteiger partial charge in [-0.05, 0) is 31.0 Å².